The molecule has 3 aromatic rings. The summed E-state index contributed by atoms with van der Waals surface area (Å²) in [5.41, 5.74) is 5.78. The molecule has 3 heterocycles. The Morgan fingerprint density at radius 1 is 1.26 bits per heavy atom. The van der Waals surface area contributed by atoms with Crippen molar-refractivity contribution in [3.05, 3.63) is 59.3 Å². The maximum Gasteiger partial charge on any atom is 0.248 e. The third-order valence-corrected chi connectivity index (χ3v) is 5.35. The van der Waals surface area contributed by atoms with E-state index in [2.05, 4.69) is 62.8 Å². The zero-order valence-electron chi connectivity index (χ0n) is 16.1. The van der Waals surface area contributed by atoms with Crippen LogP contribution in [0.3, 0.4) is 0 Å². The molecule has 0 aliphatic carbocycles. The van der Waals surface area contributed by atoms with Crippen LogP contribution in [0.1, 0.15) is 18.1 Å². The molecule has 1 aliphatic rings. The van der Waals surface area contributed by atoms with Gasteiger partial charge >= 0.3 is 0 Å². The molecule has 138 valence electrons. The van der Waals surface area contributed by atoms with Gasteiger partial charge in [0, 0.05) is 32.4 Å². The van der Waals surface area contributed by atoms with Crippen LogP contribution in [0.4, 0.5) is 11.5 Å². The van der Waals surface area contributed by atoms with Crippen molar-refractivity contribution in [1.82, 2.24) is 19.4 Å². The van der Waals surface area contributed by atoms with Crippen molar-refractivity contribution in [1.29, 1.82) is 0 Å². The molecular weight excluding hydrogens is 336 g/mol. The first-order valence-corrected chi connectivity index (χ1v) is 9.30. The molecule has 1 fully saturated rings. The van der Waals surface area contributed by atoms with E-state index < -0.39 is 0 Å². The topological polar surface area (TPSA) is 41.6 Å². The predicted octanol–water partition coefficient (Wildman–Crippen LogP) is 3.40. The third kappa shape index (κ3) is 3.26. The van der Waals surface area contributed by atoms with Crippen LogP contribution in [-0.2, 0) is 20.0 Å². The normalized spacial score (nSPS) is 14.9. The molecular formula is C21H24N6. The van der Waals surface area contributed by atoms with Crippen LogP contribution >= 0.6 is 0 Å². The van der Waals surface area contributed by atoms with Crippen molar-refractivity contribution in [3.63, 3.8) is 0 Å². The fraction of sp³-hybridized carbons (Fsp3) is 0.381. The summed E-state index contributed by atoms with van der Waals surface area (Å²) in [6.45, 7) is 12.0. The second-order valence-corrected chi connectivity index (χ2v) is 7.24. The molecule has 27 heavy (non-hydrogen) atoms. The molecule has 0 saturated carbocycles. The van der Waals surface area contributed by atoms with E-state index in [1.807, 2.05) is 24.1 Å². The minimum atomic E-state index is 0.189. The van der Waals surface area contributed by atoms with Gasteiger partial charge < -0.3 is 14.3 Å². The fourth-order valence-electron chi connectivity index (χ4n) is 3.69. The second kappa shape index (κ2) is 7.01. The molecule has 0 radical (unpaired) electrons. The van der Waals surface area contributed by atoms with Crippen molar-refractivity contribution in [2.75, 3.05) is 25.0 Å². The number of imidazole rings is 1. The number of likely N-dealkylation sites (tertiary alicyclic amines) is 1. The minimum Gasteiger partial charge on any atom is -0.334 e. The van der Waals surface area contributed by atoms with E-state index in [1.54, 1.807) is 0 Å². The maximum atomic E-state index is 7.09. The Balaban J connectivity index is 1.58. The summed E-state index contributed by atoms with van der Waals surface area (Å²) in [6, 6.07) is 8.95. The van der Waals surface area contributed by atoms with Gasteiger partial charge in [-0.1, -0.05) is 19.1 Å². The number of hydrogen-bond acceptors (Lipinski definition) is 4. The highest BCUT2D eigenvalue weighted by molar-refractivity contribution is 5.79. The first-order valence-electron chi connectivity index (χ1n) is 9.30. The van der Waals surface area contributed by atoms with Gasteiger partial charge in [-0.05, 0) is 23.6 Å². The number of fused-ring (bicyclic) bond motifs is 1. The van der Waals surface area contributed by atoms with Crippen LogP contribution in [-0.4, -0.2) is 45.6 Å². The lowest BCUT2D eigenvalue weighted by Crippen LogP contribution is -2.48. The number of rotatable bonds is 5. The first-order chi connectivity index (χ1) is 13.1. The molecule has 0 atom stereocenters. The molecule has 4 rings (SSSR count). The number of aryl methyl sites for hydroxylation is 2. The summed E-state index contributed by atoms with van der Waals surface area (Å²) in [4.78, 5) is 17.0. The van der Waals surface area contributed by atoms with Gasteiger partial charge in [-0.25, -0.2) is 16.5 Å². The molecule has 0 spiro atoms. The monoisotopic (exact) mass is 360 g/mol. The smallest absolute Gasteiger partial charge is 0.248 e. The van der Waals surface area contributed by atoms with Crippen LogP contribution < -0.4 is 4.90 Å². The highest BCUT2D eigenvalue weighted by Gasteiger charge is 2.31. The molecule has 2 aromatic heterocycles. The zero-order chi connectivity index (χ0) is 19.0. The van der Waals surface area contributed by atoms with E-state index >= 15 is 0 Å². The number of benzene rings is 1. The number of anilines is 2. The average molecular weight is 360 g/mol. The zero-order valence-corrected chi connectivity index (χ0v) is 16.1. The van der Waals surface area contributed by atoms with E-state index in [0.29, 0.717) is 0 Å². The minimum absolute atomic E-state index is 0.189. The Morgan fingerprint density at radius 2 is 2.07 bits per heavy atom. The van der Waals surface area contributed by atoms with Crippen molar-refractivity contribution in [3.8, 4) is 0 Å². The first kappa shape index (κ1) is 17.5. The summed E-state index contributed by atoms with van der Waals surface area (Å²) in [6.07, 6.45) is 4.61. The number of nitrogens with zero attached hydrogens (tertiary/aromatic N) is 6. The number of aromatic nitrogens is 3. The fourth-order valence-corrected chi connectivity index (χ4v) is 3.69. The Hall–Kier alpha value is -2.91. The van der Waals surface area contributed by atoms with Crippen molar-refractivity contribution in [2.24, 2.45) is 7.05 Å². The summed E-state index contributed by atoms with van der Waals surface area (Å²) >= 11 is 0. The van der Waals surface area contributed by atoms with Gasteiger partial charge in [0.05, 0.1) is 31.1 Å². The molecule has 6 nitrogen and oxygen atoms in total. The molecule has 1 aromatic carbocycles. The van der Waals surface area contributed by atoms with Crippen LogP contribution in [0.2, 0.25) is 0 Å². The van der Waals surface area contributed by atoms with E-state index in [-0.39, 0.29) is 6.04 Å². The lowest BCUT2D eigenvalue weighted by molar-refractivity contribution is 0.161. The van der Waals surface area contributed by atoms with Gasteiger partial charge in [-0.15, -0.1) is 0 Å². The highest BCUT2D eigenvalue weighted by Crippen LogP contribution is 2.29. The Labute approximate surface area is 159 Å². The van der Waals surface area contributed by atoms with Crippen molar-refractivity contribution < 1.29 is 0 Å². The van der Waals surface area contributed by atoms with Gasteiger partial charge in [0.1, 0.15) is 11.3 Å². The molecule has 1 aliphatic heterocycles. The average Bonchev–Trinajstić information content (AvgIpc) is 3.04. The standard InChI is InChI=1S/C21H24N6/c1-5-16-8-15(11-27-12-17(13-27)22-2)6-7-19(16)26(4)21-9-20-18(10-23-21)24-14-25(20)3/h6-10,14,17H,5,11-13H2,1,3-4H3. The number of hydrogen-bond donors (Lipinski definition) is 0. The van der Waals surface area contributed by atoms with Crippen LogP contribution in [0.5, 0.6) is 0 Å². The van der Waals surface area contributed by atoms with Gasteiger partial charge in [0.2, 0.25) is 6.04 Å². The number of pyridine rings is 1. The molecule has 0 bridgehead atoms. The van der Waals surface area contributed by atoms with Gasteiger partial charge in [-0.2, -0.15) is 0 Å². The Kier molecular flexibility index (Phi) is 4.54. The van der Waals surface area contributed by atoms with Gasteiger partial charge in [-0.3, -0.25) is 4.90 Å². The van der Waals surface area contributed by atoms with Crippen LogP contribution in [0.25, 0.3) is 15.9 Å². The predicted molar refractivity (Wildman–Crippen MR) is 108 cm³/mol. The summed E-state index contributed by atoms with van der Waals surface area (Å²) in [7, 11) is 4.06. The Morgan fingerprint density at radius 3 is 2.81 bits per heavy atom. The van der Waals surface area contributed by atoms with Crippen LogP contribution in [0.15, 0.2) is 36.8 Å². The lowest BCUT2D eigenvalue weighted by Gasteiger charge is -2.32. The van der Waals surface area contributed by atoms with Crippen molar-refractivity contribution >= 4 is 22.5 Å². The second-order valence-electron chi connectivity index (χ2n) is 7.24. The molecule has 0 unspecified atom stereocenters. The third-order valence-electron chi connectivity index (χ3n) is 5.35. The SMILES string of the molecule is [C-]#[N+]C1CN(Cc2ccc(N(C)c3cc4c(cn3)ncn4C)c(CC)c2)C1. The molecule has 0 N–H and O–H groups in total. The van der Waals surface area contributed by atoms with Gasteiger partial charge in [0.25, 0.3) is 0 Å². The Bertz CT molecular complexity index is 1010. The van der Waals surface area contributed by atoms with Gasteiger partial charge in [0.15, 0.2) is 0 Å². The molecule has 0 amide bonds. The van der Waals surface area contributed by atoms with Crippen LogP contribution in [0, 0.1) is 6.57 Å². The van der Waals surface area contributed by atoms with E-state index in [9.17, 15) is 0 Å². The van der Waals surface area contributed by atoms with E-state index in [0.717, 1.165) is 42.9 Å². The summed E-state index contributed by atoms with van der Waals surface area (Å²) in [5, 5.41) is 0. The van der Waals surface area contributed by atoms with E-state index in [4.69, 9.17) is 6.57 Å². The largest absolute Gasteiger partial charge is 0.334 e. The van der Waals surface area contributed by atoms with Crippen molar-refractivity contribution in [2.45, 2.75) is 25.9 Å². The quantitative estimate of drug-likeness (QED) is 0.654. The van der Waals surface area contributed by atoms with E-state index in [1.165, 1.54) is 16.8 Å². The lowest BCUT2D eigenvalue weighted by atomic mass is 10.0. The summed E-state index contributed by atoms with van der Waals surface area (Å²) < 4.78 is 2.02. The highest BCUT2D eigenvalue weighted by atomic mass is 15.2. The molecule has 1 saturated heterocycles. The molecule has 6 heteroatoms. The summed E-state index contributed by atoms with van der Waals surface area (Å²) in [5.74, 6) is 0.913. The maximum absolute atomic E-state index is 7.09.